The molecule has 0 aromatic rings. The number of hydrogen-bond acceptors (Lipinski definition) is 4. The zero-order chi connectivity index (χ0) is 8.69. The van der Waals surface area contributed by atoms with Crippen LogP contribution in [-0.2, 0) is 14.3 Å². The van der Waals surface area contributed by atoms with Crippen LogP contribution in [0.4, 0.5) is 0 Å². The molecule has 0 bridgehead atoms. The third-order valence-electron chi connectivity index (χ3n) is 0.871. The van der Waals surface area contributed by atoms with Crippen LogP contribution in [0.2, 0.25) is 0 Å². The summed E-state index contributed by atoms with van der Waals surface area (Å²) in [6.07, 6.45) is 0. The summed E-state index contributed by atoms with van der Waals surface area (Å²) in [4.78, 5) is 10.7. The van der Waals surface area contributed by atoms with Crippen molar-refractivity contribution in [3.63, 3.8) is 0 Å². The molecule has 0 amide bonds. The molecule has 1 N–H and O–H groups in total. The predicted molar refractivity (Wildman–Crippen MR) is 38.8 cm³/mol. The summed E-state index contributed by atoms with van der Waals surface area (Å²) in [5, 5.41) is 8.28. The zero-order valence-electron chi connectivity index (χ0n) is 6.50. The molecule has 11 heavy (non-hydrogen) atoms. The fourth-order valence-corrected chi connectivity index (χ4v) is 0.452. The van der Waals surface area contributed by atoms with Gasteiger partial charge in [0.1, 0.15) is 6.61 Å². The minimum absolute atomic E-state index is 0.0229. The molecule has 4 heteroatoms. The van der Waals surface area contributed by atoms with Gasteiger partial charge in [-0.2, -0.15) is 0 Å². The van der Waals surface area contributed by atoms with Gasteiger partial charge in [-0.1, -0.05) is 0 Å². The largest absolute Gasteiger partial charge is 0.487 e. The lowest BCUT2D eigenvalue weighted by Crippen LogP contribution is -2.12. The van der Waals surface area contributed by atoms with Crippen LogP contribution in [0, 0.1) is 0 Å². The van der Waals surface area contributed by atoms with Crippen molar-refractivity contribution in [1.29, 1.82) is 0 Å². The summed E-state index contributed by atoms with van der Waals surface area (Å²) >= 11 is 0. The summed E-state index contributed by atoms with van der Waals surface area (Å²) in [7, 11) is 0. The van der Waals surface area contributed by atoms with Crippen LogP contribution in [0.1, 0.15) is 6.92 Å². The molecule has 0 atom stereocenters. The van der Waals surface area contributed by atoms with Crippen LogP contribution >= 0.6 is 0 Å². The molecule has 0 aromatic heterocycles. The van der Waals surface area contributed by atoms with Gasteiger partial charge in [0, 0.05) is 0 Å². The maximum absolute atomic E-state index is 10.7. The average molecular weight is 160 g/mol. The van der Waals surface area contributed by atoms with Crippen molar-refractivity contribution in [1.82, 2.24) is 0 Å². The molecule has 0 saturated heterocycles. The second-order valence-electron chi connectivity index (χ2n) is 1.72. The van der Waals surface area contributed by atoms with Gasteiger partial charge in [0.25, 0.3) is 0 Å². The highest BCUT2D eigenvalue weighted by atomic mass is 16.6. The molecular weight excluding hydrogens is 148 g/mol. The van der Waals surface area contributed by atoms with Crippen LogP contribution in [0.25, 0.3) is 0 Å². The maximum atomic E-state index is 10.7. The Kier molecular flexibility index (Phi) is 5.20. The van der Waals surface area contributed by atoms with E-state index < -0.39 is 5.97 Å². The number of rotatable bonds is 5. The van der Waals surface area contributed by atoms with Gasteiger partial charge in [-0.3, -0.25) is 0 Å². The summed E-state index contributed by atoms with van der Waals surface area (Å²) in [6.45, 7) is 5.23. The highest BCUT2D eigenvalue weighted by molar-refractivity contribution is 5.85. The monoisotopic (exact) mass is 160 g/mol. The van der Waals surface area contributed by atoms with E-state index in [4.69, 9.17) is 9.84 Å². The molecule has 0 aliphatic heterocycles. The van der Waals surface area contributed by atoms with E-state index in [1.165, 1.54) is 0 Å². The minimum atomic E-state index is -0.624. The number of esters is 1. The standard InChI is InChI=1S/C7H12O4/c1-3-10-6(2)7(9)11-5-4-8/h8H,2-5H2,1H3. The first-order chi connectivity index (χ1) is 5.22. The van der Waals surface area contributed by atoms with Crippen molar-refractivity contribution >= 4 is 5.97 Å². The summed E-state index contributed by atoms with van der Waals surface area (Å²) in [5.41, 5.74) is 0. The van der Waals surface area contributed by atoms with Crippen LogP contribution in [0.5, 0.6) is 0 Å². The number of hydrogen-bond donors (Lipinski definition) is 1. The maximum Gasteiger partial charge on any atom is 0.373 e. The number of ether oxygens (including phenoxy) is 2. The third kappa shape index (κ3) is 4.38. The van der Waals surface area contributed by atoms with Gasteiger partial charge in [0.15, 0.2) is 5.76 Å². The van der Waals surface area contributed by atoms with Gasteiger partial charge in [0.2, 0.25) is 0 Å². The molecular formula is C7H12O4. The van der Waals surface area contributed by atoms with Crippen molar-refractivity contribution in [3.8, 4) is 0 Å². The number of carbonyl (C=O) groups excluding carboxylic acids is 1. The third-order valence-corrected chi connectivity index (χ3v) is 0.871. The first-order valence-corrected chi connectivity index (χ1v) is 3.32. The van der Waals surface area contributed by atoms with E-state index in [0.29, 0.717) is 6.61 Å². The molecule has 4 nitrogen and oxygen atoms in total. The summed E-state index contributed by atoms with van der Waals surface area (Å²) < 4.78 is 9.24. The quantitative estimate of drug-likeness (QED) is 0.351. The van der Waals surface area contributed by atoms with Gasteiger partial charge in [-0.05, 0) is 13.5 Å². The van der Waals surface area contributed by atoms with E-state index in [1.54, 1.807) is 6.92 Å². The predicted octanol–water partition coefficient (Wildman–Crippen LogP) is 0.0721. The van der Waals surface area contributed by atoms with Gasteiger partial charge >= 0.3 is 5.97 Å². The van der Waals surface area contributed by atoms with Gasteiger partial charge < -0.3 is 14.6 Å². The van der Waals surface area contributed by atoms with Gasteiger partial charge in [-0.25, -0.2) is 4.79 Å². The van der Waals surface area contributed by atoms with Gasteiger partial charge in [0.05, 0.1) is 13.2 Å². The fourth-order valence-electron chi connectivity index (χ4n) is 0.452. The lowest BCUT2D eigenvalue weighted by Gasteiger charge is -2.05. The average Bonchev–Trinajstić information content (AvgIpc) is 2.00. The Morgan fingerprint density at radius 1 is 1.55 bits per heavy atom. The highest BCUT2D eigenvalue weighted by Gasteiger charge is 2.07. The smallest absolute Gasteiger partial charge is 0.373 e. The van der Waals surface area contributed by atoms with Crippen molar-refractivity contribution < 1.29 is 19.4 Å². The summed E-state index contributed by atoms with van der Waals surface area (Å²) in [6, 6.07) is 0. The Labute approximate surface area is 65.4 Å². The Morgan fingerprint density at radius 3 is 2.64 bits per heavy atom. The molecule has 64 valence electrons. The first kappa shape index (κ1) is 9.97. The van der Waals surface area contributed by atoms with Crippen molar-refractivity contribution in [2.45, 2.75) is 6.92 Å². The molecule has 0 saturated carbocycles. The van der Waals surface area contributed by atoms with Crippen LogP contribution in [-0.4, -0.2) is 30.9 Å². The van der Waals surface area contributed by atoms with Gasteiger partial charge in [-0.15, -0.1) is 0 Å². The number of aliphatic hydroxyl groups excluding tert-OH is 1. The van der Waals surface area contributed by atoms with E-state index >= 15 is 0 Å². The lowest BCUT2D eigenvalue weighted by molar-refractivity contribution is -0.143. The Balaban J connectivity index is 3.56. The fraction of sp³-hybridized carbons (Fsp3) is 0.571. The second-order valence-corrected chi connectivity index (χ2v) is 1.72. The van der Waals surface area contributed by atoms with Crippen LogP contribution in [0.15, 0.2) is 12.3 Å². The highest BCUT2D eigenvalue weighted by Crippen LogP contribution is 1.95. The molecule has 0 aliphatic carbocycles. The van der Waals surface area contributed by atoms with Crippen LogP contribution in [0.3, 0.4) is 0 Å². The molecule has 0 spiro atoms. The Bertz CT molecular complexity index is 141. The van der Waals surface area contributed by atoms with Crippen molar-refractivity contribution in [2.24, 2.45) is 0 Å². The van der Waals surface area contributed by atoms with E-state index in [1.807, 2.05) is 0 Å². The number of aliphatic hydroxyl groups is 1. The Morgan fingerprint density at radius 2 is 2.18 bits per heavy atom. The SMILES string of the molecule is C=C(OCC)C(=O)OCCO. The molecule has 0 rings (SSSR count). The van der Waals surface area contributed by atoms with Crippen molar-refractivity contribution in [3.05, 3.63) is 12.3 Å². The topological polar surface area (TPSA) is 55.8 Å². The van der Waals surface area contributed by atoms with E-state index in [-0.39, 0.29) is 19.0 Å². The normalized spacial score (nSPS) is 8.91. The molecule has 0 unspecified atom stereocenters. The molecule has 0 heterocycles. The van der Waals surface area contributed by atoms with Crippen LogP contribution < -0.4 is 0 Å². The molecule has 0 aromatic carbocycles. The molecule has 0 radical (unpaired) electrons. The molecule has 0 fully saturated rings. The minimum Gasteiger partial charge on any atom is -0.487 e. The lowest BCUT2D eigenvalue weighted by atomic mass is 10.5. The molecule has 0 aliphatic rings. The Hall–Kier alpha value is -1.03. The first-order valence-electron chi connectivity index (χ1n) is 3.32. The zero-order valence-corrected chi connectivity index (χ0v) is 6.50. The van der Waals surface area contributed by atoms with E-state index in [9.17, 15) is 4.79 Å². The van der Waals surface area contributed by atoms with Crippen molar-refractivity contribution in [2.75, 3.05) is 19.8 Å². The van der Waals surface area contributed by atoms with E-state index in [2.05, 4.69) is 11.3 Å². The second kappa shape index (κ2) is 5.73. The summed E-state index contributed by atoms with van der Waals surface area (Å²) in [5.74, 6) is -0.651. The number of carbonyl (C=O) groups is 1. The van der Waals surface area contributed by atoms with E-state index in [0.717, 1.165) is 0 Å².